The summed E-state index contributed by atoms with van der Waals surface area (Å²) in [6.07, 6.45) is 0. The Morgan fingerprint density at radius 3 is 2.35 bits per heavy atom. The minimum absolute atomic E-state index is 0.0378. The van der Waals surface area contributed by atoms with Crippen molar-refractivity contribution in [3.05, 3.63) is 82.1 Å². The van der Waals surface area contributed by atoms with Gasteiger partial charge in [-0.25, -0.2) is 17.8 Å². The summed E-state index contributed by atoms with van der Waals surface area (Å²) >= 11 is 5.77. The standard InChI is InChI=1S/C18H16ClN3O3S/c19-15-6-8-16(9-7-15)26(24,25)20-12-13-22-18(23)11-10-17(21-22)14-4-2-1-3-5-14/h1-11,20H,12-13H2. The number of sulfonamides is 1. The lowest BCUT2D eigenvalue weighted by Gasteiger charge is -2.09. The number of hydrogen-bond acceptors (Lipinski definition) is 4. The molecular weight excluding hydrogens is 374 g/mol. The molecule has 0 saturated carbocycles. The van der Waals surface area contributed by atoms with Gasteiger partial charge in [0.1, 0.15) is 0 Å². The zero-order valence-corrected chi connectivity index (χ0v) is 15.2. The zero-order chi connectivity index (χ0) is 18.6. The van der Waals surface area contributed by atoms with Crippen molar-refractivity contribution in [2.75, 3.05) is 6.54 Å². The molecular formula is C18H16ClN3O3S. The van der Waals surface area contributed by atoms with Crippen LogP contribution in [0.4, 0.5) is 0 Å². The van der Waals surface area contributed by atoms with E-state index >= 15 is 0 Å². The molecule has 0 spiro atoms. The molecule has 0 bridgehead atoms. The first-order chi connectivity index (χ1) is 12.5. The van der Waals surface area contributed by atoms with E-state index in [-0.39, 0.29) is 23.5 Å². The molecule has 26 heavy (non-hydrogen) atoms. The smallest absolute Gasteiger partial charge is 0.266 e. The van der Waals surface area contributed by atoms with Crippen LogP contribution >= 0.6 is 11.6 Å². The van der Waals surface area contributed by atoms with E-state index in [2.05, 4.69) is 9.82 Å². The predicted octanol–water partition coefficient (Wildman–Crippen LogP) is 2.54. The molecule has 1 N–H and O–H groups in total. The van der Waals surface area contributed by atoms with Gasteiger partial charge in [-0.2, -0.15) is 5.10 Å². The van der Waals surface area contributed by atoms with Crippen molar-refractivity contribution in [3.63, 3.8) is 0 Å². The third kappa shape index (κ3) is 4.37. The van der Waals surface area contributed by atoms with Crippen molar-refractivity contribution in [1.29, 1.82) is 0 Å². The lowest BCUT2D eigenvalue weighted by atomic mass is 10.1. The molecule has 0 saturated heterocycles. The fourth-order valence-corrected chi connectivity index (χ4v) is 3.50. The molecule has 6 nitrogen and oxygen atoms in total. The van der Waals surface area contributed by atoms with Crippen LogP contribution in [-0.2, 0) is 16.6 Å². The van der Waals surface area contributed by atoms with Gasteiger partial charge in [0, 0.05) is 23.2 Å². The summed E-state index contributed by atoms with van der Waals surface area (Å²) in [6, 6.07) is 18.4. The van der Waals surface area contributed by atoms with Crippen LogP contribution in [0.5, 0.6) is 0 Å². The second-order valence-electron chi connectivity index (χ2n) is 5.50. The molecule has 1 aromatic heterocycles. The highest BCUT2D eigenvalue weighted by Crippen LogP contribution is 2.15. The topological polar surface area (TPSA) is 81.1 Å². The minimum atomic E-state index is -3.67. The molecule has 134 valence electrons. The van der Waals surface area contributed by atoms with Crippen LogP contribution in [0.25, 0.3) is 11.3 Å². The fourth-order valence-electron chi connectivity index (χ4n) is 2.35. The van der Waals surface area contributed by atoms with Gasteiger partial charge in [-0.15, -0.1) is 0 Å². The maximum Gasteiger partial charge on any atom is 0.266 e. The number of rotatable bonds is 6. The van der Waals surface area contributed by atoms with Crippen molar-refractivity contribution in [3.8, 4) is 11.3 Å². The quantitative estimate of drug-likeness (QED) is 0.702. The molecule has 0 fully saturated rings. The Labute approximate surface area is 156 Å². The molecule has 2 aromatic carbocycles. The van der Waals surface area contributed by atoms with Crippen molar-refractivity contribution < 1.29 is 8.42 Å². The zero-order valence-electron chi connectivity index (χ0n) is 13.7. The number of hydrogen-bond donors (Lipinski definition) is 1. The van der Waals surface area contributed by atoms with Crippen LogP contribution in [0.15, 0.2) is 76.4 Å². The highest BCUT2D eigenvalue weighted by atomic mass is 35.5. The SMILES string of the molecule is O=c1ccc(-c2ccccc2)nn1CCNS(=O)(=O)c1ccc(Cl)cc1. The highest BCUT2D eigenvalue weighted by molar-refractivity contribution is 7.89. The Hall–Kier alpha value is -2.48. The van der Waals surface area contributed by atoms with Gasteiger partial charge in [0.2, 0.25) is 10.0 Å². The number of nitrogens with one attached hydrogen (secondary N) is 1. The van der Waals surface area contributed by atoms with Gasteiger partial charge < -0.3 is 0 Å². The van der Waals surface area contributed by atoms with E-state index in [0.29, 0.717) is 10.7 Å². The van der Waals surface area contributed by atoms with E-state index in [1.54, 1.807) is 6.07 Å². The van der Waals surface area contributed by atoms with Gasteiger partial charge in [-0.05, 0) is 30.3 Å². The average molecular weight is 390 g/mol. The molecule has 3 aromatic rings. The Morgan fingerprint density at radius 1 is 0.962 bits per heavy atom. The van der Waals surface area contributed by atoms with Gasteiger partial charge in [0.25, 0.3) is 5.56 Å². The molecule has 0 aliphatic heterocycles. The summed E-state index contributed by atoms with van der Waals surface area (Å²) in [5.74, 6) is 0. The Kier molecular flexibility index (Phi) is 5.51. The summed E-state index contributed by atoms with van der Waals surface area (Å²) < 4.78 is 28.2. The van der Waals surface area contributed by atoms with Crippen molar-refractivity contribution in [2.24, 2.45) is 0 Å². The van der Waals surface area contributed by atoms with Gasteiger partial charge in [-0.1, -0.05) is 41.9 Å². The molecule has 0 aliphatic carbocycles. The molecule has 8 heteroatoms. The van der Waals surface area contributed by atoms with Crippen LogP contribution in [0, 0.1) is 0 Å². The summed E-state index contributed by atoms with van der Waals surface area (Å²) in [6.45, 7) is 0.155. The van der Waals surface area contributed by atoms with Crippen LogP contribution in [0.1, 0.15) is 0 Å². The summed E-state index contributed by atoms with van der Waals surface area (Å²) in [5, 5.41) is 4.75. The Morgan fingerprint density at radius 2 is 1.65 bits per heavy atom. The first-order valence-electron chi connectivity index (χ1n) is 7.84. The number of aromatic nitrogens is 2. The average Bonchev–Trinajstić information content (AvgIpc) is 2.64. The van der Waals surface area contributed by atoms with E-state index in [9.17, 15) is 13.2 Å². The van der Waals surface area contributed by atoms with Gasteiger partial charge in [0.05, 0.1) is 17.1 Å². The fraction of sp³-hybridized carbons (Fsp3) is 0.111. The van der Waals surface area contributed by atoms with E-state index in [1.165, 1.54) is 35.0 Å². The lowest BCUT2D eigenvalue weighted by molar-refractivity contribution is 0.549. The summed E-state index contributed by atoms with van der Waals surface area (Å²) in [7, 11) is -3.67. The monoisotopic (exact) mass is 389 g/mol. The van der Waals surface area contributed by atoms with E-state index in [0.717, 1.165) is 5.56 Å². The van der Waals surface area contributed by atoms with Gasteiger partial charge >= 0.3 is 0 Å². The summed E-state index contributed by atoms with van der Waals surface area (Å²) in [4.78, 5) is 12.1. The normalized spacial score (nSPS) is 11.4. The number of halogens is 1. The lowest BCUT2D eigenvalue weighted by Crippen LogP contribution is -2.32. The molecule has 0 amide bonds. The van der Waals surface area contributed by atoms with Gasteiger partial charge in [0.15, 0.2) is 0 Å². The number of benzene rings is 2. The second-order valence-corrected chi connectivity index (χ2v) is 7.70. The third-order valence-corrected chi connectivity index (χ3v) is 5.40. The van der Waals surface area contributed by atoms with E-state index < -0.39 is 10.0 Å². The minimum Gasteiger partial charge on any atom is -0.268 e. The Balaban J connectivity index is 1.72. The molecule has 0 aliphatic rings. The van der Waals surface area contributed by atoms with E-state index in [4.69, 9.17) is 11.6 Å². The van der Waals surface area contributed by atoms with Crippen LogP contribution in [0.3, 0.4) is 0 Å². The maximum atomic E-state index is 12.2. The predicted molar refractivity (Wildman–Crippen MR) is 101 cm³/mol. The first kappa shape index (κ1) is 18.3. The molecule has 0 atom stereocenters. The van der Waals surface area contributed by atoms with Gasteiger partial charge in [-0.3, -0.25) is 4.79 Å². The van der Waals surface area contributed by atoms with E-state index in [1.807, 2.05) is 30.3 Å². The maximum absolute atomic E-state index is 12.2. The Bertz CT molecular complexity index is 1050. The third-order valence-electron chi connectivity index (χ3n) is 3.68. The molecule has 0 radical (unpaired) electrons. The highest BCUT2D eigenvalue weighted by Gasteiger charge is 2.13. The van der Waals surface area contributed by atoms with Crippen molar-refractivity contribution in [2.45, 2.75) is 11.4 Å². The summed E-state index contributed by atoms with van der Waals surface area (Å²) in [5.41, 5.74) is 1.23. The van der Waals surface area contributed by atoms with Crippen LogP contribution in [-0.4, -0.2) is 24.7 Å². The van der Waals surface area contributed by atoms with Crippen molar-refractivity contribution >= 4 is 21.6 Å². The molecule has 1 heterocycles. The van der Waals surface area contributed by atoms with Crippen molar-refractivity contribution in [1.82, 2.24) is 14.5 Å². The molecule has 0 unspecified atom stereocenters. The van der Waals surface area contributed by atoms with Crippen LogP contribution < -0.4 is 10.3 Å². The first-order valence-corrected chi connectivity index (χ1v) is 9.71. The molecule has 3 rings (SSSR count). The van der Waals surface area contributed by atoms with Crippen LogP contribution in [0.2, 0.25) is 5.02 Å². The largest absolute Gasteiger partial charge is 0.268 e. The second kappa shape index (κ2) is 7.82. The number of nitrogens with zero attached hydrogens (tertiary/aromatic N) is 2.